The van der Waals surface area contributed by atoms with Gasteiger partial charge in [-0.2, -0.15) is 0 Å². The lowest BCUT2D eigenvalue weighted by Crippen LogP contribution is -2.07. The molecule has 1 aromatic heterocycles. The first-order valence-electron chi connectivity index (χ1n) is 5.07. The molecule has 2 aromatic rings. The second-order valence-corrected chi connectivity index (χ2v) is 3.67. The molecule has 0 aliphatic rings. The second kappa shape index (κ2) is 4.17. The van der Waals surface area contributed by atoms with E-state index in [9.17, 15) is 4.79 Å². The van der Waals surface area contributed by atoms with Crippen molar-refractivity contribution in [2.45, 2.75) is 19.8 Å². The van der Waals surface area contributed by atoms with Crippen molar-refractivity contribution in [1.29, 1.82) is 0 Å². The van der Waals surface area contributed by atoms with Crippen LogP contribution in [0.15, 0.2) is 35.1 Å². The highest BCUT2D eigenvalue weighted by molar-refractivity contribution is 5.20. The number of benzene rings is 1. The lowest BCUT2D eigenvalue weighted by molar-refractivity contribution is 0.941. The van der Waals surface area contributed by atoms with E-state index >= 15 is 0 Å². The predicted octanol–water partition coefficient (Wildman–Crippen LogP) is 1.80. The summed E-state index contributed by atoms with van der Waals surface area (Å²) in [5.41, 5.74) is 3.07. The molecular weight excluding hydrogens is 188 g/mol. The first-order chi connectivity index (χ1) is 7.27. The Morgan fingerprint density at radius 3 is 2.40 bits per heavy atom. The van der Waals surface area contributed by atoms with Gasteiger partial charge in [0.2, 0.25) is 0 Å². The molecule has 0 radical (unpaired) electrons. The molecule has 15 heavy (non-hydrogen) atoms. The summed E-state index contributed by atoms with van der Waals surface area (Å²) in [7, 11) is 0. The molecule has 0 fully saturated rings. The summed E-state index contributed by atoms with van der Waals surface area (Å²) in [6.45, 7) is 1.91. The van der Waals surface area contributed by atoms with Gasteiger partial charge in [-0.3, -0.25) is 9.89 Å². The molecule has 78 valence electrons. The highest BCUT2D eigenvalue weighted by atomic mass is 16.1. The molecule has 0 saturated heterocycles. The van der Waals surface area contributed by atoms with Gasteiger partial charge < -0.3 is 5.10 Å². The van der Waals surface area contributed by atoms with Gasteiger partial charge in [-0.15, -0.1) is 0 Å². The molecule has 0 amide bonds. The van der Waals surface area contributed by atoms with Crippen molar-refractivity contribution >= 4 is 0 Å². The number of hydrogen-bond acceptors (Lipinski definition) is 1. The van der Waals surface area contributed by atoms with E-state index in [1.54, 1.807) is 0 Å². The number of nitrogens with one attached hydrogen (secondary N) is 2. The zero-order valence-electron chi connectivity index (χ0n) is 8.71. The fourth-order valence-corrected chi connectivity index (χ4v) is 1.69. The minimum absolute atomic E-state index is 0.00318. The van der Waals surface area contributed by atoms with Gasteiger partial charge in [-0.25, -0.2) is 0 Å². The Morgan fingerprint density at radius 2 is 1.80 bits per heavy atom. The topological polar surface area (TPSA) is 48.6 Å². The minimum Gasteiger partial charge on any atom is -0.302 e. The van der Waals surface area contributed by atoms with Crippen LogP contribution in [0.25, 0.3) is 0 Å². The summed E-state index contributed by atoms with van der Waals surface area (Å²) in [6.07, 6.45) is 1.69. The van der Waals surface area contributed by atoms with E-state index in [0.29, 0.717) is 0 Å². The van der Waals surface area contributed by atoms with E-state index in [0.717, 1.165) is 24.1 Å². The van der Waals surface area contributed by atoms with Crippen molar-refractivity contribution in [2.24, 2.45) is 0 Å². The molecule has 2 rings (SSSR count). The van der Waals surface area contributed by atoms with E-state index in [1.807, 2.05) is 25.1 Å². The lowest BCUT2D eigenvalue weighted by atomic mass is 10.1. The van der Waals surface area contributed by atoms with Gasteiger partial charge in [-0.1, -0.05) is 30.3 Å². The molecular formula is C12H14N2O. The minimum atomic E-state index is 0.00318. The van der Waals surface area contributed by atoms with Gasteiger partial charge in [0.1, 0.15) is 0 Å². The van der Waals surface area contributed by atoms with Crippen molar-refractivity contribution in [3.8, 4) is 0 Å². The fourth-order valence-electron chi connectivity index (χ4n) is 1.69. The molecule has 0 spiro atoms. The van der Waals surface area contributed by atoms with E-state index in [1.165, 1.54) is 5.56 Å². The standard InChI is InChI=1S/C12H14N2O/c1-9-11(12(15)14-13-9)8-7-10-5-3-2-4-6-10/h2-6H,7-8H2,1H3,(H2,13,14,15). The van der Waals surface area contributed by atoms with Crippen molar-refractivity contribution in [1.82, 2.24) is 10.2 Å². The number of aromatic nitrogens is 2. The van der Waals surface area contributed by atoms with Gasteiger partial charge in [0.15, 0.2) is 0 Å². The quantitative estimate of drug-likeness (QED) is 0.783. The number of rotatable bonds is 3. The molecule has 1 aromatic carbocycles. The first kappa shape index (κ1) is 9.77. The van der Waals surface area contributed by atoms with Gasteiger partial charge in [-0.05, 0) is 25.3 Å². The van der Waals surface area contributed by atoms with Crippen LogP contribution in [0.5, 0.6) is 0 Å². The second-order valence-electron chi connectivity index (χ2n) is 3.67. The number of aryl methyl sites for hydroxylation is 2. The molecule has 0 aliphatic carbocycles. The first-order valence-corrected chi connectivity index (χ1v) is 5.07. The summed E-state index contributed by atoms with van der Waals surface area (Å²) in [5, 5.41) is 5.43. The largest absolute Gasteiger partial charge is 0.302 e. The number of hydrogen-bond donors (Lipinski definition) is 2. The SMILES string of the molecule is Cc1[nH][nH]c(=O)c1CCc1ccccc1. The third-order valence-corrected chi connectivity index (χ3v) is 2.60. The van der Waals surface area contributed by atoms with Crippen LogP contribution in [0.4, 0.5) is 0 Å². The Hall–Kier alpha value is -1.77. The Kier molecular flexibility index (Phi) is 2.72. The van der Waals surface area contributed by atoms with E-state index < -0.39 is 0 Å². The Bertz CT molecular complexity index is 482. The maximum absolute atomic E-state index is 11.4. The van der Waals surface area contributed by atoms with Gasteiger partial charge in [0, 0.05) is 11.3 Å². The summed E-state index contributed by atoms with van der Waals surface area (Å²) in [4.78, 5) is 11.4. The van der Waals surface area contributed by atoms with E-state index in [4.69, 9.17) is 0 Å². The van der Waals surface area contributed by atoms with Crippen LogP contribution >= 0.6 is 0 Å². The maximum Gasteiger partial charge on any atom is 0.267 e. The summed E-state index contributed by atoms with van der Waals surface area (Å²) in [6, 6.07) is 10.2. The molecule has 0 unspecified atom stereocenters. The zero-order valence-corrected chi connectivity index (χ0v) is 8.71. The van der Waals surface area contributed by atoms with Gasteiger partial charge in [0.25, 0.3) is 5.56 Å². The van der Waals surface area contributed by atoms with Crippen molar-refractivity contribution in [3.63, 3.8) is 0 Å². The van der Waals surface area contributed by atoms with Crippen LogP contribution in [-0.4, -0.2) is 10.2 Å². The van der Waals surface area contributed by atoms with Crippen LogP contribution in [0.3, 0.4) is 0 Å². The Morgan fingerprint density at radius 1 is 1.07 bits per heavy atom. The van der Waals surface area contributed by atoms with Gasteiger partial charge in [0.05, 0.1) is 0 Å². The van der Waals surface area contributed by atoms with E-state index in [-0.39, 0.29) is 5.56 Å². The van der Waals surface area contributed by atoms with Crippen molar-refractivity contribution in [2.75, 3.05) is 0 Å². The summed E-state index contributed by atoms with van der Waals surface area (Å²) >= 11 is 0. The molecule has 0 aliphatic heterocycles. The maximum atomic E-state index is 11.4. The molecule has 1 heterocycles. The third kappa shape index (κ3) is 2.18. The van der Waals surface area contributed by atoms with Crippen LogP contribution in [0.2, 0.25) is 0 Å². The molecule has 0 atom stereocenters. The molecule has 3 heteroatoms. The summed E-state index contributed by atoms with van der Waals surface area (Å²) < 4.78 is 0. The van der Waals surface area contributed by atoms with Crippen molar-refractivity contribution in [3.05, 3.63) is 57.5 Å². The van der Waals surface area contributed by atoms with Crippen LogP contribution in [-0.2, 0) is 12.8 Å². The third-order valence-electron chi connectivity index (χ3n) is 2.60. The predicted molar refractivity (Wildman–Crippen MR) is 60.0 cm³/mol. The molecule has 2 N–H and O–H groups in total. The Labute approximate surface area is 88.1 Å². The smallest absolute Gasteiger partial charge is 0.267 e. The fraction of sp³-hybridized carbons (Fsp3) is 0.250. The zero-order chi connectivity index (χ0) is 10.7. The molecule has 0 bridgehead atoms. The number of H-pyrrole nitrogens is 2. The summed E-state index contributed by atoms with van der Waals surface area (Å²) in [5.74, 6) is 0. The average molecular weight is 202 g/mol. The highest BCUT2D eigenvalue weighted by Gasteiger charge is 2.05. The molecule has 0 saturated carbocycles. The van der Waals surface area contributed by atoms with Crippen LogP contribution < -0.4 is 5.56 Å². The van der Waals surface area contributed by atoms with Gasteiger partial charge >= 0.3 is 0 Å². The Balaban J connectivity index is 2.09. The normalized spacial score (nSPS) is 10.5. The van der Waals surface area contributed by atoms with Crippen molar-refractivity contribution < 1.29 is 0 Å². The average Bonchev–Trinajstić information content (AvgIpc) is 2.58. The number of aromatic amines is 2. The lowest BCUT2D eigenvalue weighted by Gasteiger charge is -1.99. The molecule has 3 nitrogen and oxygen atoms in total. The highest BCUT2D eigenvalue weighted by Crippen LogP contribution is 2.05. The van der Waals surface area contributed by atoms with E-state index in [2.05, 4.69) is 22.3 Å². The van der Waals surface area contributed by atoms with Crippen LogP contribution in [0, 0.1) is 6.92 Å². The van der Waals surface area contributed by atoms with Crippen LogP contribution in [0.1, 0.15) is 16.8 Å². The monoisotopic (exact) mass is 202 g/mol.